The van der Waals surface area contributed by atoms with Crippen molar-refractivity contribution in [1.82, 2.24) is 18.3 Å². The van der Waals surface area contributed by atoms with Gasteiger partial charge >= 0.3 is 0 Å². The Hall–Kier alpha value is -8.33. The zero-order valence-electron chi connectivity index (χ0n) is 32.3. The van der Waals surface area contributed by atoms with Crippen LogP contribution in [0.1, 0.15) is 5.56 Å². The Kier molecular flexibility index (Phi) is 6.73. The van der Waals surface area contributed by atoms with Crippen LogP contribution in [0.15, 0.2) is 200 Å². The van der Waals surface area contributed by atoms with E-state index in [9.17, 15) is 5.26 Å². The summed E-state index contributed by atoms with van der Waals surface area (Å²) in [6, 6.07) is 74.1. The van der Waals surface area contributed by atoms with Gasteiger partial charge in [-0.25, -0.2) is 0 Å². The number of hydrogen-bond donors (Lipinski definition) is 0. The molecule has 278 valence electrons. The summed E-state index contributed by atoms with van der Waals surface area (Å²) in [7, 11) is 0. The normalized spacial score (nSPS) is 12.0. The van der Waals surface area contributed by atoms with Crippen molar-refractivity contribution < 1.29 is 0 Å². The van der Waals surface area contributed by atoms with Gasteiger partial charge in [-0.2, -0.15) is 5.26 Å². The number of nitriles is 1. The predicted molar refractivity (Wildman–Crippen MR) is 249 cm³/mol. The molecule has 0 aliphatic carbocycles. The quantitative estimate of drug-likeness (QED) is 0.176. The van der Waals surface area contributed by atoms with Gasteiger partial charge in [0.1, 0.15) is 6.07 Å². The number of benzene rings is 9. The van der Waals surface area contributed by atoms with Crippen molar-refractivity contribution in [3.8, 4) is 28.8 Å². The molecule has 9 aromatic carbocycles. The van der Waals surface area contributed by atoms with Crippen molar-refractivity contribution >= 4 is 87.2 Å². The van der Waals surface area contributed by atoms with Crippen LogP contribution in [0, 0.1) is 11.3 Å². The zero-order valence-corrected chi connectivity index (χ0v) is 32.3. The van der Waals surface area contributed by atoms with Crippen LogP contribution in [0.25, 0.3) is 110 Å². The topological polar surface area (TPSA) is 43.5 Å². The van der Waals surface area contributed by atoms with Gasteiger partial charge in [-0.05, 0) is 84.9 Å². The molecule has 13 rings (SSSR count). The zero-order chi connectivity index (χ0) is 39.5. The van der Waals surface area contributed by atoms with Crippen molar-refractivity contribution in [2.75, 3.05) is 0 Å². The van der Waals surface area contributed by atoms with Crippen molar-refractivity contribution in [1.29, 1.82) is 5.26 Å². The lowest BCUT2D eigenvalue weighted by atomic mass is 10.1. The molecule has 0 N–H and O–H groups in total. The Balaban J connectivity index is 1.18. The first-order valence-electron chi connectivity index (χ1n) is 20.3. The van der Waals surface area contributed by atoms with E-state index in [4.69, 9.17) is 0 Å². The highest BCUT2D eigenvalue weighted by atomic mass is 15.0. The van der Waals surface area contributed by atoms with E-state index in [0.717, 1.165) is 72.0 Å². The Bertz CT molecular complexity index is 3930. The Labute approximate surface area is 344 Å². The first-order chi connectivity index (χ1) is 29.8. The van der Waals surface area contributed by atoms with E-state index in [1.54, 1.807) is 0 Å². The van der Waals surface area contributed by atoms with E-state index in [1.165, 1.54) is 38.0 Å². The van der Waals surface area contributed by atoms with Gasteiger partial charge in [0, 0.05) is 65.8 Å². The van der Waals surface area contributed by atoms with E-state index in [-0.39, 0.29) is 0 Å². The number of hydrogen-bond acceptors (Lipinski definition) is 1. The Morgan fingerprint density at radius 1 is 0.283 bits per heavy atom. The third-order valence-corrected chi connectivity index (χ3v) is 12.6. The largest absolute Gasteiger partial charge is 0.309 e. The molecule has 13 aromatic rings. The summed E-state index contributed by atoms with van der Waals surface area (Å²) in [4.78, 5) is 0. The number of nitrogens with zero attached hydrogens (tertiary/aromatic N) is 5. The molecule has 0 unspecified atom stereocenters. The highest BCUT2D eigenvalue weighted by Crippen LogP contribution is 2.45. The molecule has 0 aliphatic rings. The first-order valence-corrected chi connectivity index (χ1v) is 20.3. The fourth-order valence-corrected chi connectivity index (χ4v) is 10.2. The third kappa shape index (κ3) is 4.34. The van der Waals surface area contributed by atoms with Gasteiger partial charge in [-0.3, -0.25) is 0 Å². The van der Waals surface area contributed by atoms with Crippen LogP contribution in [0.3, 0.4) is 0 Å². The molecule has 4 aromatic heterocycles. The molecule has 0 atom stereocenters. The summed E-state index contributed by atoms with van der Waals surface area (Å²) in [5, 5.41) is 20.0. The van der Waals surface area contributed by atoms with Crippen LogP contribution < -0.4 is 0 Å². The van der Waals surface area contributed by atoms with Crippen LogP contribution in [0.4, 0.5) is 0 Å². The van der Waals surface area contributed by atoms with E-state index < -0.39 is 0 Å². The van der Waals surface area contributed by atoms with Crippen molar-refractivity contribution in [2.45, 2.75) is 0 Å². The summed E-state index contributed by atoms with van der Waals surface area (Å²) in [5.74, 6) is 0. The number of fused-ring (bicyclic) bond motifs is 14. The highest BCUT2D eigenvalue weighted by Gasteiger charge is 2.25. The smallest absolute Gasteiger partial charge is 0.101 e. The highest BCUT2D eigenvalue weighted by molar-refractivity contribution is 6.28. The van der Waals surface area contributed by atoms with Crippen molar-refractivity contribution in [3.63, 3.8) is 0 Å². The Morgan fingerprint density at radius 3 is 1.37 bits per heavy atom. The molecule has 5 nitrogen and oxygen atoms in total. The Morgan fingerprint density at radius 2 is 0.733 bits per heavy atom. The van der Waals surface area contributed by atoms with E-state index in [2.05, 4.69) is 212 Å². The third-order valence-electron chi connectivity index (χ3n) is 12.6. The second kappa shape index (κ2) is 12.3. The molecule has 0 fully saturated rings. The molecule has 0 amide bonds. The molecule has 0 spiro atoms. The molecular weight excluding hydrogens is 731 g/mol. The van der Waals surface area contributed by atoms with Gasteiger partial charge in [0.05, 0.1) is 49.7 Å². The summed E-state index contributed by atoms with van der Waals surface area (Å²) in [5.41, 5.74) is 13.9. The van der Waals surface area contributed by atoms with Crippen LogP contribution in [0.5, 0.6) is 0 Å². The average molecular weight is 764 g/mol. The van der Waals surface area contributed by atoms with Crippen LogP contribution in [-0.4, -0.2) is 18.3 Å². The van der Waals surface area contributed by atoms with Crippen molar-refractivity contribution in [3.05, 3.63) is 206 Å². The lowest BCUT2D eigenvalue weighted by Gasteiger charge is -2.11. The summed E-state index contributed by atoms with van der Waals surface area (Å²) in [6.07, 6.45) is 0. The van der Waals surface area contributed by atoms with Gasteiger partial charge in [-0.1, -0.05) is 115 Å². The van der Waals surface area contributed by atoms with Gasteiger partial charge in [0.25, 0.3) is 0 Å². The predicted octanol–water partition coefficient (Wildman–Crippen LogP) is 13.9. The minimum atomic E-state index is 0.640. The van der Waals surface area contributed by atoms with Gasteiger partial charge < -0.3 is 18.3 Å². The second-order valence-corrected chi connectivity index (χ2v) is 15.6. The van der Waals surface area contributed by atoms with E-state index in [0.29, 0.717) is 5.56 Å². The molecule has 4 heterocycles. The fraction of sp³-hybridized carbons (Fsp3) is 0. The minimum absolute atomic E-state index is 0.640. The maximum Gasteiger partial charge on any atom is 0.101 e. The summed E-state index contributed by atoms with van der Waals surface area (Å²) in [6.45, 7) is 0. The lowest BCUT2D eigenvalue weighted by molar-refractivity contribution is 1.16. The minimum Gasteiger partial charge on any atom is -0.309 e. The second-order valence-electron chi connectivity index (χ2n) is 15.6. The van der Waals surface area contributed by atoms with Gasteiger partial charge in [0.2, 0.25) is 0 Å². The summed E-state index contributed by atoms with van der Waals surface area (Å²) >= 11 is 0. The van der Waals surface area contributed by atoms with E-state index in [1.807, 2.05) is 12.1 Å². The van der Waals surface area contributed by atoms with Crippen LogP contribution in [-0.2, 0) is 0 Å². The van der Waals surface area contributed by atoms with Crippen molar-refractivity contribution in [2.24, 2.45) is 0 Å². The standard InChI is InChI=1S/C55H33N5/c56-34-35-15-14-24-44-52-50(32-28-41-40-22-10-12-25-46(40)58(54(41)52)37-18-6-2-7-19-37)60(53(35)44)39-27-30-48-45(33-39)42-29-31-49-51(55(42)59(48)38-20-8-3-9-21-38)43-23-11-13-26-47(43)57(49)36-16-4-1-5-17-36/h1-33H. The molecule has 0 saturated heterocycles. The number of rotatable bonds is 4. The number of para-hydroxylation sites is 6. The molecule has 0 aliphatic heterocycles. The SMILES string of the molecule is N#Cc1cccc2c3c(ccc4c5ccccc5n(-c5ccccc5)c43)n(-c3ccc4c(c3)c3ccc5c(c6ccccc6n5-c5ccccc5)c3n4-c3ccccc3)c12. The fourth-order valence-electron chi connectivity index (χ4n) is 10.2. The molecule has 0 bridgehead atoms. The average Bonchev–Trinajstić information content (AvgIpc) is 4.04. The molecule has 60 heavy (non-hydrogen) atoms. The molecule has 5 heteroatoms. The maximum absolute atomic E-state index is 10.7. The lowest BCUT2D eigenvalue weighted by Crippen LogP contribution is -1.97. The van der Waals surface area contributed by atoms with Gasteiger partial charge in [-0.15, -0.1) is 0 Å². The molecule has 0 saturated carbocycles. The first kappa shape index (κ1) is 32.7. The van der Waals surface area contributed by atoms with Gasteiger partial charge in [0.15, 0.2) is 0 Å². The van der Waals surface area contributed by atoms with E-state index >= 15 is 0 Å². The number of aromatic nitrogens is 4. The maximum atomic E-state index is 10.7. The molecule has 0 radical (unpaired) electrons. The van der Waals surface area contributed by atoms with Crippen LogP contribution in [0.2, 0.25) is 0 Å². The monoisotopic (exact) mass is 763 g/mol. The molecular formula is C55H33N5. The summed E-state index contributed by atoms with van der Waals surface area (Å²) < 4.78 is 9.54. The van der Waals surface area contributed by atoms with Crippen LogP contribution >= 0.6 is 0 Å².